The minimum absolute atomic E-state index is 0.0882. The summed E-state index contributed by atoms with van der Waals surface area (Å²) in [6.45, 7) is 7.69. The highest BCUT2D eigenvalue weighted by atomic mass is 16.5. The number of anilines is 1. The Morgan fingerprint density at radius 1 is 1.04 bits per heavy atom. The minimum Gasteiger partial charge on any atom is -0.483 e. The Hall–Kier alpha value is -3.15. The topological polar surface area (TPSA) is 79.8 Å². The SMILES string of the molecule is CC(CC(=O)Nc1ccc(C(C)C)cc1)=NNC(=O)COc1ccccc1C. The van der Waals surface area contributed by atoms with Crippen LogP contribution >= 0.6 is 0 Å². The summed E-state index contributed by atoms with van der Waals surface area (Å²) < 4.78 is 5.46. The second-order valence-corrected chi connectivity index (χ2v) is 6.94. The number of hydrogen-bond acceptors (Lipinski definition) is 4. The van der Waals surface area contributed by atoms with Gasteiger partial charge in [-0.05, 0) is 49.1 Å². The molecule has 0 spiro atoms. The lowest BCUT2D eigenvalue weighted by molar-refractivity contribution is -0.123. The van der Waals surface area contributed by atoms with E-state index >= 15 is 0 Å². The first-order valence-electron chi connectivity index (χ1n) is 9.25. The van der Waals surface area contributed by atoms with Gasteiger partial charge in [0.15, 0.2) is 6.61 Å². The van der Waals surface area contributed by atoms with Crippen molar-refractivity contribution in [2.45, 2.75) is 40.0 Å². The molecule has 0 aromatic heterocycles. The lowest BCUT2D eigenvalue weighted by Crippen LogP contribution is -2.26. The summed E-state index contributed by atoms with van der Waals surface area (Å²) in [7, 11) is 0. The molecule has 0 saturated heterocycles. The van der Waals surface area contributed by atoms with Gasteiger partial charge >= 0.3 is 0 Å². The highest BCUT2D eigenvalue weighted by molar-refractivity contribution is 6.05. The fourth-order valence-electron chi connectivity index (χ4n) is 2.48. The standard InChI is InChI=1S/C22H27N3O3/c1-15(2)18-9-11-19(12-10-18)23-21(26)13-17(4)24-25-22(27)14-28-20-8-6-5-7-16(20)3/h5-12,15H,13-14H2,1-4H3,(H,23,26)(H,25,27). The van der Waals surface area contributed by atoms with Gasteiger partial charge in [-0.25, -0.2) is 5.43 Å². The lowest BCUT2D eigenvalue weighted by Gasteiger charge is -2.09. The number of aryl methyl sites for hydroxylation is 1. The van der Waals surface area contributed by atoms with Gasteiger partial charge in [0.25, 0.3) is 5.91 Å². The van der Waals surface area contributed by atoms with Crippen LogP contribution in [0, 0.1) is 6.92 Å². The van der Waals surface area contributed by atoms with Crippen LogP contribution in [-0.2, 0) is 9.59 Å². The Bertz CT molecular complexity index is 842. The average molecular weight is 381 g/mol. The Morgan fingerprint density at radius 2 is 1.71 bits per heavy atom. The molecule has 6 nitrogen and oxygen atoms in total. The smallest absolute Gasteiger partial charge is 0.277 e. The third-order valence-electron chi connectivity index (χ3n) is 4.10. The van der Waals surface area contributed by atoms with E-state index in [1.807, 2.05) is 49.4 Å². The monoisotopic (exact) mass is 381 g/mol. The maximum absolute atomic E-state index is 12.1. The molecule has 6 heteroatoms. The molecular weight excluding hydrogens is 354 g/mol. The van der Waals surface area contributed by atoms with Crippen LogP contribution in [0.15, 0.2) is 53.6 Å². The van der Waals surface area contributed by atoms with Crippen molar-refractivity contribution in [3.63, 3.8) is 0 Å². The maximum Gasteiger partial charge on any atom is 0.277 e. The number of carbonyl (C=O) groups excluding carboxylic acids is 2. The maximum atomic E-state index is 12.1. The van der Waals surface area contributed by atoms with E-state index in [2.05, 4.69) is 29.7 Å². The van der Waals surface area contributed by atoms with Crippen LogP contribution in [0.2, 0.25) is 0 Å². The van der Waals surface area contributed by atoms with Crippen molar-refractivity contribution in [3.05, 3.63) is 59.7 Å². The molecule has 2 aromatic carbocycles. The summed E-state index contributed by atoms with van der Waals surface area (Å²) in [5.74, 6) is 0.523. The van der Waals surface area contributed by atoms with Crippen LogP contribution in [0.1, 0.15) is 44.2 Å². The third-order valence-corrected chi connectivity index (χ3v) is 4.10. The van der Waals surface area contributed by atoms with Gasteiger partial charge in [-0.3, -0.25) is 9.59 Å². The normalized spacial score (nSPS) is 11.2. The highest BCUT2D eigenvalue weighted by Gasteiger charge is 2.07. The number of nitrogens with zero attached hydrogens (tertiary/aromatic N) is 1. The second-order valence-electron chi connectivity index (χ2n) is 6.94. The molecule has 0 bridgehead atoms. The Balaban J connectivity index is 1.77. The Labute approximate surface area is 166 Å². The summed E-state index contributed by atoms with van der Waals surface area (Å²) >= 11 is 0. The molecular formula is C22H27N3O3. The summed E-state index contributed by atoms with van der Waals surface area (Å²) in [6.07, 6.45) is 0.0882. The first kappa shape index (κ1) is 21.2. The molecule has 148 valence electrons. The van der Waals surface area contributed by atoms with Crippen LogP contribution in [0.4, 0.5) is 5.69 Å². The van der Waals surface area contributed by atoms with Crippen LogP contribution in [-0.4, -0.2) is 24.1 Å². The van der Waals surface area contributed by atoms with Gasteiger partial charge in [0.05, 0.1) is 6.42 Å². The van der Waals surface area contributed by atoms with Gasteiger partial charge in [-0.1, -0.05) is 44.2 Å². The molecule has 0 heterocycles. The summed E-state index contributed by atoms with van der Waals surface area (Å²) in [4.78, 5) is 24.0. The Morgan fingerprint density at radius 3 is 2.36 bits per heavy atom. The molecule has 28 heavy (non-hydrogen) atoms. The number of para-hydroxylation sites is 1. The van der Waals surface area contributed by atoms with Crippen molar-refractivity contribution in [2.24, 2.45) is 5.10 Å². The fourth-order valence-corrected chi connectivity index (χ4v) is 2.48. The van der Waals surface area contributed by atoms with Crippen molar-refractivity contribution >= 4 is 23.2 Å². The molecule has 0 aliphatic rings. The van der Waals surface area contributed by atoms with Crippen LogP contribution in [0.5, 0.6) is 5.75 Å². The molecule has 2 amide bonds. The fraction of sp³-hybridized carbons (Fsp3) is 0.318. The number of ether oxygens (including phenoxy) is 1. The van der Waals surface area contributed by atoms with Crippen LogP contribution < -0.4 is 15.5 Å². The highest BCUT2D eigenvalue weighted by Crippen LogP contribution is 2.17. The van der Waals surface area contributed by atoms with E-state index in [9.17, 15) is 9.59 Å². The van der Waals surface area contributed by atoms with E-state index < -0.39 is 0 Å². The quantitative estimate of drug-likeness (QED) is 0.535. The first-order chi connectivity index (χ1) is 13.3. The first-order valence-corrected chi connectivity index (χ1v) is 9.25. The number of rotatable bonds is 8. The summed E-state index contributed by atoms with van der Waals surface area (Å²) in [5.41, 5.74) is 5.81. The molecule has 0 aliphatic heterocycles. The predicted molar refractivity (Wildman–Crippen MR) is 112 cm³/mol. The van der Waals surface area contributed by atoms with E-state index in [0.717, 1.165) is 11.3 Å². The van der Waals surface area contributed by atoms with Crippen LogP contribution in [0.25, 0.3) is 0 Å². The molecule has 0 saturated carbocycles. The van der Waals surface area contributed by atoms with E-state index in [-0.39, 0.29) is 24.8 Å². The average Bonchev–Trinajstić information content (AvgIpc) is 2.66. The van der Waals surface area contributed by atoms with Gasteiger partial charge in [-0.15, -0.1) is 0 Å². The largest absolute Gasteiger partial charge is 0.483 e. The van der Waals surface area contributed by atoms with Gasteiger partial charge in [-0.2, -0.15) is 5.10 Å². The predicted octanol–water partition coefficient (Wildman–Crippen LogP) is 4.02. The lowest BCUT2D eigenvalue weighted by atomic mass is 10.0. The van der Waals surface area contributed by atoms with Gasteiger partial charge in [0.1, 0.15) is 5.75 Å². The molecule has 2 rings (SSSR count). The molecule has 0 atom stereocenters. The van der Waals surface area contributed by atoms with Gasteiger partial charge in [0.2, 0.25) is 5.91 Å². The van der Waals surface area contributed by atoms with E-state index in [1.54, 1.807) is 13.0 Å². The van der Waals surface area contributed by atoms with E-state index in [0.29, 0.717) is 17.4 Å². The second kappa shape index (κ2) is 10.3. The zero-order valence-electron chi connectivity index (χ0n) is 16.8. The minimum atomic E-state index is -0.382. The number of benzene rings is 2. The Kier molecular flexibility index (Phi) is 7.75. The summed E-state index contributed by atoms with van der Waals surface area (Å²) in [6, 6.07) is 15.2. The molecule has 0 aliphatic carbocycles. The van der Waals surface area contributed by atoms with Crippen molar-refractivity contribution in [2.75, 3.05) is 11.9 Å². The molecule has 0 unspecified atom stereocenters. The van der Waals surface area contributed by atoms with Gasteiger partial charge < -0.3 is 10.1 Å². The third kappa shape index (κ3) is 6.87. The van der Waals surface area contributed by atoms with Crippen molar-refractivity contribution in [1.82, 2.24) is 5.43 Å². The summed E-state index contributed by atoms with van der Waals surface area (Å²) in [5, 5.41) is 6.78. The van der Waals surface area contributed by atoms with Gasteiger partial charge in [0, 0.05) is 11.4 Å². The van der Waals surface area contributed by atoms with Crippen molar-refractivity contribution in [3.8, 4) is 5.75 Å². The van der Waals surface area contributed by atoms with Crippen molar-refractivity contribution < 1.29 is 14.3 Å². The number of hydrogen-bond donors (Lipinski definition) is 2. The zero-order chi connectivity index (χ0) is 20.5. The van der Waals surface area contributed by atoms with Crippen LogP contribution in [0.3, 0.4) is 0 Å². The molecule has 2 aromatic rings. The molecule has 0 fully saturated rings. The number of carbonyl (C=O) groups is 2. The number of amides is 2. The van der Waals surface area contributed by atoms with E-state index in [1.165, 1.54) is 5.56 Å². The number of hydrazone groups is 1. The van der Waals surface area contributed by atoms with E-state index in [4.69, 9.17) is 4.74 Å². The molecule has 2 N–H and O–H groups in total. The molecule has 0 radical (unpaired) electrons. The zero-order valence-corrected chi connectivity index (χ0v) is 16.8. The van der Waals surface area contributed by atoms with Crippen molar-refractivity contribution in [1.29, 1.82) is 0 Å². The number of nitrogens with one attached hydrogen (secondary N) is 2.